The molecule has 8 heteroatoms. The molecule has 3 rings (SSSR count). The van der Waals surface area contributed by atoms with Gasteiger partial charge in [0.1, 0.15) is 0 Å². The van der Waals surface area contributed by atoms with Gasteiger partial charge in [0.05, 0.1) is 18.2 Å². The Morgan fingerprint density at radius 2 is 2.04 bits per heavy atom. The van der Waals surface area contributed by atoms with E-state index in [9.17, 15) is 9.59 Å². The molecule has 0 aliphatic carbocycles. The Morgan fingerprint density at radius 3 is 2.70 bits per heavy atom. The Bertz CT molecular complexity index is 744. The molecule has 2 N–H and O–H groups in total. The molecule has 0 bridgehead atoms. The quantitative estimate of drug-likeness (QED) is 0.689. The molecular weight excluding hydrogens is 412 g/mol. The van der Waals surface area contributed by atoms with E-state index in [4.69, 9.17) is 4.74 Å². The minimum Gasteiger partial charge on any atom is -0.463 e. The highest BCUT2D eigenvalue weighted by Crippen LogP contribution is 2.29. The van der Waals surface area contributed by atoms with Gasteiger partial charge in [-0.05, 0) is 31.7 Å². The second kappa shape index (κ2) is 8.86. The highest BCUT2D eigenvalue weighted by molar-refractivity contribution is 9.10. The van der Waals surface area contributed by atoms with Crippen molar-refractivity contribution in [3.8, 4) is 0 Å². The second-order valence-corrected chi connectivity index (χ2v) is 7.69. The number of urea groups is 1. The van der Waals surface area contributed by atoms with Gasteiger partial charge in [0.15, 0.2) is 0 Å². The van der Waals surface area contributed by atoms with Crippen LogP contribution in [0, 0.1) is 0 Å². The number of nitrogens with one attached hydrogen (secondary N) is 2. The Balaban J connectivity index is 1.95. The molecule has 27 heavy (non-hydrogen) atoms. The van der Waals surface area contributed by atoms with Crippen LogP contribution < -0.4 is 10.6 Å². The van der Waals surface area contributed by atoms with E-state index in [1.54, 1.807) is 6.92 Å². The van der Waals surface area contributed by atoms with Gasteiger partial charge in [-0.1, -0.05) is 28.1 Å². The first-order chi connectivity index (χ1) is 13.0. The van der Waals surface area contributed by atoms with Crippen molar-refractivity contribution < 1.29 is 14.3 Å². The molecule has 2 aliphatic heterocycles. The molecule has 0 saturated carbocycles. The maximum absolute atomic E-state index is 12.8. The fourth-order valence-corrected chi connectivity index (χ4v) is 3.78. The molecule has 1 fully saturated rings. The lowest BCUT2D eigenvalue weighted by atomic mass is 9.95. The van der Waals surface area contributed by atoms with Gasteiger partial charge in [0.25, 0.3) is 0 Å². The molecule has 1 unspecified atom stereocenters. The zero-order valence-corrected chi connectivity index (χ0v) is 17.2. The molecule has 146 valence electrons. The summed E-state index contributed by atoms with van der Waals surface area (Å²) < 4.78 is 6.19. The fourth-order valence-electron chi connectivity index (χ4n) is 3.36. The minimum atomic E-state index is -0.544. The van der Waals surface area contributed by atoms with Crippen molar-refractivity contribution in [3.05, 3.63) is 45.6 Å². The van der Waals surface area contributed by atoms with Gasteiger partial charge in [0, 0.05) is 42.9 Å². The zero-order chi connectivity index (χ0) is 19.4. The van der Waals surface area contributed by atoms with Gasteiger partial charge in [0.2, 0.25) is 0 Å². The van der Waals surface area contributed by atoms with E-state index >= 15 is 0 Å². The largest absolute Gasteiger partial charge is 0.463 e. The molecular formula is C19H25BrN4O3. The van der Waals surface area contributed by atoms with E-state index in [1.165, 1.54) is 0 Å². The number of carbonyl (C=O) groups is 2. The van der Waals surface area contributed by atoms with E-state index in [-0.39, 0.29) is 12.6 Å². The molecule has 1 aromatic rings. The minimum absolute atomic E-state index is 0.281. The van der Waals surface area contributed by atoms with Crippen LogP contribution in [0.2, 0.25) is 0 Å². The Hall–Kier alpha value is -1.90. The van der Waals surface area contributed by atoms with Crippen LogP contribution in [-0.4, -0.2) is 68.2 Å². The molecule has 2 aliphatic rings. The highest BCUT2D eigenvalue weighted by Gasteiger charge is 2.34. The number of hydrogen-bond donors (Lipinski definition) is 2. The first kappa shape index (κ1) is 19.9. The maximum Gasteiger partial charge on any atom is 0.338 e. The number of benzene rings is 1. The molecule has 1 aromatic carbocycles. The predicted molar refractivity (Wildman–Crippen MR) is 106 cm³/mol. The van der Waals surface area contributed by atoms with Crippen LogP contribution in [0.5, 0.6) is 0 Å². The normalized spacial score (nSPS) is 21.6. The summed E-state index contributed by atoms with van der Waals surface area (Å²) in [5.74, 6) is -0.404. The van der Waals surface area contributed by atoms with E-state index in [0.29, 0.717) is 17.8 Å². The molecule has 0 spiro atoms. The number of amides is 2. The van der Waals surface area contributed by atoms with Crippen LogP contribution >= 0.6 is 15.9 Å². The molecule has 2 heterocycles. The van der Waals surface area contributed by atoms with Crippen molar-refractivity contribution in [1.29, 1.82) is 0 Å². The van der Waals surface area contributed by atoms with E-state index in [0.717, 1.165) is 36.2 Å². The molecule has 1 atom stereocenters. The van der Waals surface area contributed by atoms with E-state index in [1.807, 2.05) is 24.3 Å². The molecule has 1 saturated heterocycles. The summed E-state index contributed by atoms with van der Waals surface area (Å²) in [5.41, 5.74) is 1.92. The SMILES string of the molecule is CCOC(=O)C1=C(CN2CCN(C)CC2)NC(=O)NC1c1cccc(Br)c1. The number of ether oxygens (including phenoxy) is 1. The molecule has 0 radical (unpaired) electrons. The van der Waals surface area contributed by atoms with Crippen molar-refractivity contribution in [2.24, 2.45) is 0 Å². The van der Waals surface area contributed by atoms with Gasteiger partial charge in [-0.25, -0.2) is 9.59 Å². The van der Waals surface area contributed by atoms with Crippen molar-refractivity contribution in [3.63, 3.8) is 0 Å². The number of carbonyl (C=O) groups excluding carboxylic acids is 2. The summed E-state index contributed by atoms with van der Waals surface area (Å²) in [4.78, 5) is 29.6. The van der Waals surface area contributed by atoms with Crippen molar-refractivity contribution in [2.45, 2.75) is 13.0 Å². The lowest BCUT2D eigenvalue weighted by Gasteiger charge is -2.35. The summed E-state index contributed by atoms with van der Waals surface area (Å²) in [6.45, 7) is 6.28. The van der Waals surface area contributed by atoms with Crippen LogP contribution in [0.3, 0.4) is 0 Å². The summed E-state index contributed by atoms with van der Waals surface area (Å²) in [5, 5.41) is 5.71. The summed E-state index contributed by atoms with van der Waals surface area (Å²) in [6.07, 6.45) is 0. The zero-order valence-electron chi connectivity index (χ0n) is 15.6. The fraction of sp³-hybridized carbons (Fsp3) is 0.474. The predicted octanol–water partition coefficient (Wildman–Crippen LogP) is 1.87. The number of rotatable bonds is 5. The van der Waals surface area contributed by atoms with Gasteiger partial charge >= 0.3 is 12.0 Å². The number of esters is 1. The van der Waals surface area contributed by atoms with Gasteiger partial charge in [-0.15, -0.1) is 0 Å². The Kier molecular flexibility index (Phi) is 6.51. The third-order valence-corrected chi connectivity index (χ3v) is 5.30. The average molecular weight is 437 g/mol. The van der Waals surface area contributed by atoms with Crippen LogP contribution in [0.4, 0.5) is 4.79 Å². The van der Waals surface area contributed by atoms with Crippen LogP contribution in [0.25, 0.3) is 0 Å². The topological polar surface area (TPSA) is 73.9 Å². The summed E-state index contributed by atoms with van der Waals surface area (Å²) in [7, 11) is 2.09. The third kappa shape index (κ3) is 4.88. The van der Waals surface area contributed by atoms with Crippen LogP contribution in [-0.2, 0) is 9.53 Å². The van der Waals surface area contributed by atoms with Gasteiger partial charge in [-0.2, -0.15) is 0 Å². The average Bonchev–Trinajstić information content (AvgIpc) is 2.63. The van der Waals surface area contributed by atoms with Gasteiger partial charge < -0.3 is 20.3 Å². The maximum atomic E-state index is 12.8. The number of piperazine rings is 1. The highest BCUT2D eigenvalue weighted by atomic mass is 79.9. The summed E-state index contributed by atoms with van der Waals surface area (Å²) in [6, 6.07) is 6.74. The van der Waals surface area contributed by atoms with Crippen molar-refractivity contribution >= 4 is 27.9 Å². The lowest BCUT2D eigenvalue weighted by Crippen LogP contribution is -2.51. The number of halogens is 1. The number of hydrogen-bond acceptors (Lipinski definition) is 5. The van der Waals surface area contributed by atoms with Crippen molar-refractivity contribution in [2.75, 3.05) is 46.4 Å². The molecule has 2 amide bonds. The van der Waals surface area contributed by atoms with Gasteiger partial charge in [-0.3, -0.25) is 4.90 Å². The van der Waals surface area contributed by atoms with Crippen molar-refractivity contribution in [1.82, 2.24) is 20.4 Å². The second-order valence-electron chi connectivity index (χ2n) is 6.78. The third-order valence-electron chi connectivity index (χ3n) is 4.81. The van der Waals surface area contributed by atoms with E-state index < -0.39 is 12.0 Å². The smallest absolute Gasteiger partial charge is 0.338 e. The van der Waals surface area contributed by atoms with E-state index in [2.05, 4.69) is 43.4 Å². The first-order valence-electron chi connectivity index (χ1n) is 9.12. The number of likely N-dealkylation sites (N-methyl/N-ethyl adjacent to an activating group) is 1. The number of nitrogens with zero attached hydrogens (tertiary/aromatic N) is 2. The van der Waals surface area contributed by atoms with Crippen LogP contribution in [0.15, 0.2) is 40.0 Å². The molecule has 7 nitrogen and oxygen atoms in total. The lowest BCUT2D eigenvalue weighted by molar-refractivity contribution is -0.139. The summed E-state index contributed by atoms with van der Waals surface area (Å²) >= 11 is 3.46. The monoisotopic (exact) mass is 436 g/mol. The Labute approximate surface area is 167 Å². The Morgan fingerprint density at radius 1 is 1.30 bits per heavy atom. The first-order valence-corrected chi connectivity index (χ1v) is 9.91. The standard InChI is InChI=1S/C19H25BrN4O3/c1-3-27-18(25)16-15(12-24-9-7-23(2)8-10-24)21-19(26)22-17(16)13-5-4-6-14(20)11-13/h4-6,11,17H,3,7-10,12H2,1-2H3,(H2,21,22,26). The van der Waals surface area contributed by atoms with Crippen LogP contribution in [0.1, 0.15) is 18.5 Å². The molecule has 0 aromatic heterocycles.